The fourth-order valence-electron chi connectivity index (χ4n) is 3.33. The van der Waals surface area contributed by atoms with Crippen LogP contribution in [0, 0.1) is 0 Å². The highest BCUT2D eigenvalue weighted by atomic mass is 32.2. The maximum Gasteiger partial charge on any atom is 0.262 e. The van der Waals surface area contributed by atoms with Crippen molar-refractivity contribution in [1.82, 2.24) is 0 Å². The molecule has 7 heteroatoms. The molecule has 0 saturated heterocycles. The molecule has 4 rings (SSSR count). The summed E-state index contributed by atoms with van der Waals surface area (Å²) >= 11 is 0. The zero-order valence-electron chi connectivity index (χ0n) is 15.0. The molecule has 0 amide bonds. The largest absolute Gasteiger partial charge is 0.490 e. The van der Waals surface area contributed by atoms with Crippen LogP contribution < -0.4 is 18.9 Å². The van der Waals surface area contributed by atoms with Crippen LogP contribution in [-0.4, -0.2) is 27.7 Å². The second-order valence-corrected chi connectivity index (χ2v) is 8.50. The molecule has 1 N–H and O–H groups in total. The lowest BCUT2D eigenvalue weighted by molar-refractivity contribution is 0.210. The van der Waals surface area contributed by atoms with Crippen LogP contribution in [-0.2, 0) is 10.0 Å². The molecule has 0 aromatic heterocycles. The lowest BCUT2D eigenvalue weighted by Crippen LogP contribution is -2.13. The average molecular weight is 389 g/mol. The Kier molecular flexibility index (Phi) is 5.11. The fraction of sp³-hybridized carbons (Fsp3) is 0.400. The van der Waals surface area contributed by atoms with Gasteiger partial charge in [-0.3, -0.25) is 4.72 Å². The van der Waals surface area contributed by atoms with Crippen molar-refractivity contribution < 1.29 is 22.6 Å². The topological polar surface area (TPSA) is 73.9 Å². The van der Waals surface area contributed by atoms with Crippen LogP contribution in [0.1, 0.15) is 32.1 Å². The zero-order valence-corrected chi connectivity index (χ0v) is 15.8. The molecule has 2 aliphatic rings. The van der Waals surface area contributed by atoms with Crippen molar-refractivity contribution in [2.45, 2.75) is 43.1 Å². The summed E-state index contributed by atoms with van der Waals surface area (Å²) < 4.78 is 45.0. The highest BCUT2D eigenvalue weighted by Crippen LogP contribution is 2.32. The Balaban J connectivity index is 1.47. The van der Waals surface area contributed by atoms with Gasteiger partial charge in [-0.05, 0) is 62.1 Å². The smallest absolute Gasteiger partial charge is 0.262 e. The molecule has 0 radical (unpaired) electrons. The van der Waals surface area contributed by atoms with Crippen molar-refractivity contribution in [2.24, 2.45) is 0 Å². The lowest BCUT2D eigenvalue weighted by atomic mass is 10.3. The number of sulfonamides is 1. The molecular weight excluding hydrogens is 366 g/mol. The number of hydrogen-bond acceptors (Lipinski definition) is 5. The van der Waals surface area contributed by atoms with Gasteiger partial charge in [-0.1, -0.05) is 0 Å². The zero-order chi connectivity index (χ0) is 18.7. The van der Waals surface area contributed by atoms with Crippen LogP contribution in [0.4, 0.5) is 5.69 Å². The Bertz CT molecular complexity index is 889. The Hall–Kier alpha value is -2.41. The van der Waals surface area contributed by atoms with Crippen LogP contribution in [0.2, 0.25) is 0 Å². The third-order valence-electron chi connectivity index (χ3n) is 4.74. The third-order valence-corrected chi connectivity index (χ3v) is 6.12. The summed E-state index contributed by atoms with van der Waals surface area (Å²) in [6.45, 7) is 1.07. The summed E-state index contributed by atoms with van der Waals surface area (Å²) in [5, 5.41) is 0. The molecule has 1 fully saturated rings. The lowest BCUT2D eigenvalue weighted by Gasteiger charge is -2.14. The number of anilines is 1. The van der Waals surface area contributed by atoms with E-state index in [9.17, 15) is 8.42 Å². The number of benzene rings is 2. The van der Waals surface area contributed by atoms with Gasteiger partial charge in [0.25, 0.3) is 10.0 Å². The SMILES string of the molecule is O=S(=O)(Nc1ccc(OC2CCCC2)cc1)c1ccc2c(c1)OCCCO2. The fourth-order valence-corrected chi connectivity index (χ4v) is 4.40. The molecule has 27 heavy (non-hydrogen) atoms. The third kappa shape index (κ3) is 4.30. The molecule has 0 atom stereocenters. The Morgan fingerprint density at radius 2 is 1.59 bits per heavy atom. The van der Waals surface area contributed by atoms with Crippen LogP contribution in [0.25, 0.3) is 0 Å². The van der Waals surface area contributed by atoms with Crippen molar-refractivity contribution in [3.8, 4) is 17.2 Å². The van der Waals surface area contributed by atoms with Gasteiger partial charge in [0, 0.05) is 18.2 Å². The van der Waals surface area contributed by atoms with Gasteiger partial charge in [0.15, 0.2) is 11.5 Å². The number of nitrogens with one attached hydrogen (secondary N) is 1. The number of ether oxygens (including phenoxy) is 3. The van der Waals surface area contributed by atoms with E-state index in [0.29, 0.717) is 30.4 Å². The van der Waals surface area contributed by atoms with Gasteiger partial charge in [-0.2, -0.15) is 0 Å². The maximum absolute atomic E-state index is 12.7. The van der Waals surface area contributed by atoms with Crippen molar-refractivity contribution in [2.75, 3.05) is 17.9 Å². The quantitative estimate of drug-likeness (QED) is 0.838. The minimum atomic E-state index is -3.72. The Labute approximate surface area is 159 Å². The van der Waals surface area contributed by atoms with Crippen LogP contribution in [0.5, 0.6) is 17.2 Å². The molecule has 144 valence electrons. The first-order valence-electron chi connectivity index (χ1n) is 9.29. The molecule has 1 aliphatic heterocycles. The molecular formula is C20H23NO5S. The molecule has 6 nitrogen and oxygen atoms in total. The highest BCUT2D eigenvalue weighted by molar-refractivity contribution is 7.92. The van der Waals surface area contributed by atoms with E-state index < -0.39 is 10.0 Å². The molecule has 2 aromatic carbocycles. The van der Waals surface area contributed by atoms with E-state index in [4.69, 9.17) is 14.2 Å². The van der Waals surface area contributed by atoms with Gasteiger partial charge in [0.05, 0.1) is 24.2 Å². The summed E-state index contributed by atoms with van der Waals surface area (Å²) in [6, 6.07) is 11.7. The predicted molar refractivity (Wildman–Crippen MR) is 102 cm³/mol. The van der Waals surface area contributed by atoms with E-state index in [1.54, 1.807) is 30.3 Å². The average Bonchev–Trinajstić information content (AvgIpc) is 3.05. The Morgan fingerprint density at radius 1 is 0.889 bits per heavy atom. The monoisotopic (exact) mass is 389 g/mol. The minimum Gasteiger partial charge on any atom is -0.490 e. The number of fused-ring (bicyclic) bond motifs is 1. The van der Waals surface area contributed by atoms with Crippen molar-refractivity contribution in [1.29, 1.82) is 0 Å². The predicted octanol–water partition coefficient (Wildman–Crippen LogP) is 3.97. The van der Waals surface area contributed by atoms with Crippen LogP contribution in [0.15, 0.2) is 47.4 Å². The summed E-state index contributed by atoms with van der Waals surface area (Å²) in [4.78, 5) is 0.137. The molecule has 0 unspecified atom stereocenters. The first kappa shape index (κ1) is 18.0. The molecule has 2 aromatic rings. The van der Waals surface area contributed by atoms with E-state index in [0.717, 1.165) is 25.0 Å². The van der Waals surface area contributed by atoms with Gasteiger partial charge in [0.2, 0.25) is 0 Å². The normalized spacial score (nSPS) is 17.3. The van der Waals surface area contributed by atoms with E-state index in [1.807, 2.05) is 0 Å². The molecule has 1 aliphatic carbocycles. The first-order chi connectivity index (χ1) is 13.1. The minimum absolute atomic E-state index is 0.137. The summed E-state index contributed by atoms with van der Waals surface area (Å²) in [6.07, 6.45) is 5.62. The molecule has 1 heterocycles. The van der Waals surface area contributed by atoms with Gasteiger partial charge in [-0.25, -0.2) is 8.42 Å². The summed E-state index contributed by atoms with van der Waals surface area (Å²) in [7, 11) is -3.72. The van der Waals surface area contributed by atoms with E-state index in [2.05, 4.69) is 4.72 Å². The summed E-state index contributed by atoms with van der Waals surface area (Å²) in [5.74, 6) is 1.79. The number of hydrogen-bond donors (Lipinski definition) is 1. The molecule has 1 saturated carbocycles. The number of rotatable bonds is 5. The van der Waals surface area contributed by atoms with Crippen LogP contribution in [0.3, 0.4) is 0 Å². The van der Waals surface area contributed by atoms with Gasteiger partial charge in [-0.15, -0.1) is 0 Å². The van der Waals surface area contributed by atoms with Crippen molar-refractivity contribution >= 4 is 15.7 Å². The van der Waals surface area contributed by atoms with E-state index in [-0.39, 0.29) is 11.0 Å². The van der Waals surface area contributed by atoms with Crippen molar-refractivity contribution in [3.05, 3.63) is 42.5 Å². The first-order valence-corrected chi connectivity index (χ1v) is 10.8. The van der Waals surface area contributed by atoms with Gasteiger partial charge < -0.3 is 14.2 Å². The van der Waals surface area contributed by atoms with Crippen LogP contribution >= 0.6 is 0 Å². The van der Waals surface area contributed by atoms with Crippen molar-refractivity contribution in [3.63, 3.8) is 0 Å². The molecule has 0 spiro atoms. The summed E-state index contributed by atoms with van der Waals surface area (Å²) in [5.41, 5.74) is 0.487. The Morgan fingerprint density at radius 3 is 2.33 bits per heavy atom. The second-order valence-electron chi connectivity index (χ2n) is 6.81. The second kappa shape index (κ2) is 7.68. The van der Waals surface area contributed by atoms with Gasteiger partial charge in [0.1, 0.15) is 5.75 Å². The van der Waals surface area contributed by atoms with E-state index >= 15 is 0 Å². The van der Waals surface area contributed by atoms with E-state index in [1.165, 1.54) is 25.0 Å². The maximum atomic E-state index is 12.7. The highest BCUT2D eigenvalue weighted by Gasteiger charge is 2.20. The standard InChI is InChI=1S/C20H23NO5S/c22-27(23,18-10-11-19-20(14-18)25-13-3-12-24-19)21-15-6-8-17(9-7-15)26-16-4-1-2-5-16/h6-11,14,16,21H,1-5,12-13H2. The van der Waals surface area contributed by atoms with Gasteiger partial charge >= 0.3 is 0 Å². The molecule has 0 bridgehead atoms.